The summed E-state index contributed by atoms with van der Waals surface area (Å²) >= 11 is 1.49. The van der Waals surface area contributed by atoms with Crippen molar-refractivity contribution in [3.8, 4) is 0 Å². The van der Waals surface area contributed by atoms with Crippen LogP contribution in [0.5, 0.6) is 0 Å². The number of fused-ring (bicyclic) bond motifs is 1. The third-order valence-electron chi connectivity index (χ3n) is 1.53. The molecule has 0 atom stereocenters. The first-order valence-corrected chi connectivity index (χ1v) is 4.19. The number of hydrogen-bond donors (Lipinski definition) is 0. The normalized spacial score (nSPS) is 9.15. The van der Waals surface area contributed by atoms with Crippen molar-refractivity contribution in [2.75, 3.05) is 0 Å². The second-order valence-electron chi connectivity index (χ2n) is 2.36. The molecular weight excluding hydrogens is 256 g/mol. The summed E-state index contributed by atoms with van der Waals surface area (Å²) < 4.78 is 0.996. The van der Waals surface area contributed by atoms with Crippen molar-refractivity contribution in [2.24, 2.45) is 0 Å². The molecule has 0 unspecified atom stereocenters. The van der Waals surface area contributed by atoms with Gasteiger partial charge in [0.15, 0.2) is 4.98 Å². The van der Waals surface area contributed by atoms with Gasteiger partial charge in [-0.2, -0.15) is 11.3 Å². The molecule has 0 saturated heterocycles. The van der Waals surface area contributed by atoms with E-state index in [9.17, 15) is 0 Å². The van der Waals surface area contributed by atoms with Crippen LogP contribution >= 0.6 is 11.3 Å². The molecule has 0 fully saturated rings. The average molecular weight is 261 g/mol. The minimum atomic E-state index is 0. The Morgan fingerprint density at radius 1 is 1.46 bits per heavy atom. The molecule has 1 heterocycles. The largest absolute Gasteiger partial charge is 1.00 e. The van der Waals surface area contributed by atoms with Gasteiger partial charge in [0.1, 0.15) is 0 Å². The van der Waals surface area contributed by atoms with Crippen LogP contribution in [0.1, 0.15) is 5.01 Å². The summed E-state index contributed by atoms with van der Waals surface area (Å²) in [5.74, 6) is 0. The van der Waals surface area contributed by atoms with Gasteiger partial charge in [-0.3, -0.25) is 4.98 Å². The van der Waals surface area contributed by atoms with Crippen LogP contribution in [0, 0.1) is 12.3 Å². The van der Waals surface area contributed by atoms with E-state index in [1.54, 1.807) is 12.1 Å². The molecule has 2 aromatic rings. The molecule has 0 amide bonds. The van der Waals surface area contributed by atoms with Crippen LogP contribution in [0.25, 0.3) is 15.2 Å². The topological polar surface area (TPSA) is 41.0 Å². The Kier molecular flexibility index (Phi) is 4.01. The zero-order valence-electron chi connectivity index (χ0n) is 7.19. The third kappa shape index (κ3) is 2.36. The van der Waals surface area contributed by atoms with Crippen LogP contribution in [0.4, 0.5) is 5.69 Å². The smallest absolute Gasteiger partial charge is 0.346 e. The van der Waals surface area contributed by atoms with E-state index in [0.717, 1.165) is 15.2 Å². The Morgan fingerprint density at radius 3 is 2.92 bits per heavy atom. The first-order chi connectivity index (χ1) is 5.79. The van der Waals surface area contributed by atoms with Gasteiger partial charge >= 0.3 is 63.9 Å². The molecule has 58 valence electrons. The van der Waals surface area contributed by atoms with Crippen molar-refractivity contribution in [3.63, 3.8) is 0 Å². The number of benzene rings is 1. The Labute approximate surface area is 129 Å². The number of rotatable bonds is 0. The van der Waals surface area contributed by atoms with Crippen molar-refractivity contribution in [1.29, 1.82) is 5.39 Å². The second-order valence-corrected chi connectivity index (χ2v) is 3.47. The van der Waals surface area contributed by atoms with Gasteiger partial charge in [-0.15, -0.1) is 0 Å². The number of aromatic nitrogens is 1. The molecule has 1 aromatic heterocycles. The number of thiazole rings is 1. The maximum atomic E-state index is 8.50. The molecule has 0 saturated carbocycles. The molecule has 1 aromatic carbocycles. The van der Waals surface area contributed by atoms with Crippen LogP contribution < -0.4 is 58.2 Å². The van der Waals surface area contributed by atoms with Gasteiger partial charge in [0.2, 0.25) is 5.39 Å². The fourth-order valence-corrected chi connectivity index (χ4v) is 1.82. The summed E-state index contributed by atoms with van der Waals surface area (Å²) in [5.41, 5.74) is 1.45. The molecule has 5 heteroatoms. The van der Waals surface area contributed by atoms with Crippen molar-refractivity contribution < 1.29 is 58.2 Å². The molecule has 0 aliphatic rings. The van der Waals surface area contributed by atoms with Gasteiger partial charge in [0, 0.05) is 6.07 Å². The molecule has 0 radical (unpaired) electrons. The van der Waals surface area contributed by atoms with E-state index in [-0.39, 0.29) is 58.2 Å². The van der Waals surface area contributed by atoms with Crippen molar-refractivity contribution in [1.82, 2.24) is 4.98 Å². The predicted octanol–water partition coefficient (Wildman–Crippen LogP) is -0.0329. The maximum Gasteiger partial charge on any atom is 1.00 e. The first-order valence-electron chi connectivity index (χ1n) is 3.37. The van der Waals surface area contributed by atoms with Gasteiger partial charge in [0.05, 0.1) is 16.3 Å². The summed E-state index contributed by atoms with van der Waals surface area (Å²) in [6.45, 7) is 3.73. The van der Waals surface area contributed by atoms with Crippen LogP contribution in [-0.2, 0) is 0 Å². The Bertz CT molecular complexity index is 472. The zero-order chi connectivity index (χ0) is 8.55. The molecule has 2 rings (SSSR count). The van der Waals surface area contributed by atoms with Crippen molar-refractivity contribution >= 4 is 27.2 Å². The SMILES string of the molecule is [CH2-]c1nc2ccc([N+]#N)cc2s1.[Rb+]. The van der Waals surface area contributed by atoms with Crippen molar-refractivity contribution in [2.45, 2.75) is 0 Å². The van der Waals surface area contributed by atoms with E-state index in [0.29, 0.717) is 5.69 Å². The molecule has 0 aliphatic heterocycles. The fourth-order valence-electron chi connectivity index (χ4n) is 1.02. The van der Waals surface area contributed by atoms with E-state index >= 15 is 0 Å². The minimum absolute atomic E-state index is 0. The summed E-state index contributed by atoms with van der Waals surface area (Å²) in [5, 5.41) is 9.28. The summed E-state index contributed by atoms with van der Waals surface area (Å²) in [7, 11) is 0. The predicted molar refractivity (Wildman–Crippen MR) is 48.8 cm³/mol. The van der Waals surface area contributed by atoms with Gasteiger partial charge in [-0.1, -0.05) is 0 Å². The number of diazo groups is 1. The molecule has 0 N–H and O–H groups in total. The monoisotopic (exact) mass is 260 g/mol. The van der Waals surface area contributed by atoms with E-state index in [4.69, 9.17) is 5.39 Å². The van der Waals surface area contributed by atoms with Crippen LogP contribution in [-0.4, -0.2) is 4.98 Å². The Morgan fingerprint density at radius 2 is 2.23 bits per heavy atom. The fraction of sp³-hybridized carbons (Fsp3) is 0. The van der Waals surface area contributed by atoms with Crippen LogP contribution in [0.2, 0.25) is 0 Å². The molecule has 0 spiro atoms. The first kappa shape index (κ1) is 11.3. The minimum Gasteiger partial charge on any atom is -0.346 e. The van der Waals surface area contributed by atoms with E-state index in [1.807, 2.05) is 6.07 Å². The third-order valence-corrected chi connectivity index (χ3v) is 2.41. The second kappa shape index (κ2) is 4.62. The van der Waals surface area contributed by atoms with Gasteiger partial charge in [-0.05, 0) is 11.1 Å². The standard InChI is InChI=1S/C8H5N3S.Rb/c1-5-10-7-3-2-6(11-9)4-8(7)12-5;/h2-4H,1H2;/q;+1. The quantitative estimate of drug-likeness (QED) is 0.493. The van der Waals surface area contributed by atoms with Crippen LogP contribution in [0.3, 0.4) is 0 Å². The van der Waals surface area contributed by atoms with Gasteiger partial charge in [-0.25, -0.2) is 0 Å². The Balaban J connectivity index is 0.000000845. The molecule has 0 bridgehead atoms. The zero-order valence-corrected chi connectivity index (χ0v) is 12.9. The van der Waals surface area contributed by atoms with E-state index in [2.05, 4.69) is 16.9 Å². The van der Waals surface area contributed by atoms with Crippen LogP contribution in [0.15, 0.2) is 18.2 Å². The molecule has 0 aliphatic carbocycles. The molecular formula is C8H5N3RbS+. The maximum absolute atomic E-state index is 8.50. The molecule has 13 heavy (non-hydrogen) atoms. The summed E-state index contributed by atoms with van der Waals surface area (Å²) in [6, 6.07) is 5.30. The van der Waals surface area contributed by atoms with Gasteiger partial charge < -0.3 is 6.92 Å². The average Bonchev–Trinajstić information content (AvgIpc) is 2.43. The summed E-state index contributed by atoms with van der Waals surface area (Å²) in [4.78, 5) is 7.26. The Hall–Kier alpha value is 0.205. The number of nitrogens with zero attached hydrogens (tertiary/aromatic N) is 3. The molecule has 3 nitrogen and oxygen atoms in total. The summed E-state index contributed by atoms with van der Waals surface area (Å²) in [6.07, 6.45) is 0. The van der Waals surface area contributed by atoms with E-state index in [1.165, 1.54) is 11.3 Å². The number of hydrogen-bond acceptors (Lipinski definition) is 3. The van der Waals surface area contributed by atoms with E-state index < -0.39 is 0 Å². The van der Waals surface area contributed by atoms with Gasteiger partial charge in [0.25, 0.3) is 0 Å². The van der Waals surface area contributed by atoms with Crippen molar-refractivity contribution in [3.05, 3.63) is 35.1 Å².